The lowest BCUT2D eigenvalue weighted by molar-refractivity contribution is -0.132. The highest BCUT2D eigenvalue weighted by Gasteiger charge is 2.37. The van der Waals surface area contributed by atoms with Gasteiger partial charge in [-0.15, -0.1) is 0 Å². The molecule has 0 bridgehead atoms. The van der Waals surface area contributed by atoms with Gasteiger partial charge in [0.2, 0.25) is 11.8 Å². The Morgan fingerprint density at radius 1 is 1.14 bits per heavy atom. The van der Waals surface area contributed by atoms with Crippen LogP contribution in [-0.4, -0.2) is 25.5 Å². The van der Waals surface area contributed by atoms with Gasteiger partial charge >= 0.3 is 0 Å². The molecule has 0 aromatic heterocycles. The number of carbonyl (C=O) groups excluding carboxylic acids is 2. The lowest BCUT2D eigenvalue weighted by Crippen LogP contribution is -2.36. The molecule has 6 heteroatoms. The van der Waals surface area contributed by atoms with Crippen LogP contribution >= 0.6 is 11.6 Å². The van der Waals surface area contributed by atoms with E-state index in [0.29, 0.717) is 30.3 Å². The molecular weight excluding hydrogens is 388 g/mol. The van der Waals surface area contributed by atoms with E-state index in [1.807, 2.05) is 36.4 Å². The molecule has 1 fully saturated rings. The number of anilines is 1. The number of hydrogen-bond donors (Lipinski definition) is 1. The van der Waals surface area contributed by atoms with E-state index in [1.165, 1.54) is 0 Å². The van der Waals surface area contributed by atoms with E-state index in [9.17, 15) is 9.59 Å². The van der Waals surface area contributed by atoms with E-state index >= 15 is 0 Å². The fourth-order valence-electron chi connectivity index (χ4n) is 3.79. The Morgan fingerprint density at radius 3 is 2.66 bits per heavy atom. The topological polar surface area (TPSA) is 58.6 Å². The molecule has 0 aliphatic carbocycles. The predicted octanol–water partition coefficient (Wildman–Crippen LogP) is 4.17. The van der Waals surface area contributed by atoms with Crippen LogP contribution in [-0.2, 0) is 16.1 Å². The largest absolute Gasteiger partial charge is 0.496 e. The van der Waals surface area contributed by atoms with Crippen molar-refractivity contribution in [2.45, 2.75) is 13.0 Å². The summed E-state index contributed by atoms with van der Waals surface area (Å²) in [5, 5.41) is 5.64. The smallest absolute Gasteiger partial charge is 0.239 e. The van der Waals surface area contributed by atoms with Crippen molar-refractivity contribution in [3.8, 4) is 5.75 Å². The molecule has 148 valence electrons. The maximum absolute atomic E-state index is 12.8. The summed E-state index contributed by atoms with van der Waals surface area (Å²) in [4.78, 5) is 27.2. The fourth-order valence-corrected chi connectivity index (χ4v) is 3.91. The van der Waals surface area contributed by atoms with Crippen molar-refractivity contribution in [1.82, 2.24) is 5.32 Å². The van der Waals surface area contributed by atoms with E-state index < -0.39 is 5.92 Å². The zero-order valence-corrected chi connectivity index (χ0v) is 16.8. The number of nitrogens with zero attached hydrogens (tertiary/aromatic N) is 1. The van der Waals surface area contributed by atoms with Gasteiger partial charge in [0, 0.05) is 29.4 Å². The van der Waals surface area contributed by atoms with Crippen LogP contribution in [0, 0.1) is 5.92 Å². The molecule has 1 saturated heterocycles. The number of fused-ring (bicyclic) bond motifs is 1. The van der Waals surface area contributed by atoms with E-state index in [2.05, 4.69) is 5.32 Å². The summed E-state index contributed by atoms with van der Waals surface area (Å²) >= 11 is 5.92. The number of nitrogens with one attached hydrogen (secondary N) is 1. The molecule has 3 aromatic carbocycles. The van der Waals surface area contributed by atoms with Gasteiger partial charge in [0.05, 0.1) is 7.11 Å². The van der Waals surface area contributed by atoms with Crippen molar-refractivity contribution in [1.29, 1.82) is 0 Å². The van der Waals surface area contributed by atoms with Gasteiger partial charge in [-0.1, -0.05) is 41.9 Å². The predicted molar refractivity (Wildman–Crippen MR) is 114 cm³/mol. The number of rotatable bonds is 5. The third kappa shape index (κ3) is 3.78. The van der Waals surface area contributed by atoms with Crippen LogP contribution in [0.5, 0.6) is 5.75 Å². The second kappa shape index (κ2) is 8.13. The highest BCUT2D eigenvalue weighted by Crippen LogP contribution is 2.29. The number of amides is 2. The second-order valence-corrected chi connectivity index (χ2v) is 7.43. The Hall–Kier alpha value is -3.05. The molecule has 1 heterocycles. The van der Waals surface area contributed by atoms with Crippen molar-refractivity contribution in [2.24, 2.45) is 5.92 Å². The van der Waals surface area contributed by atoms with Gasteiger partial charge in [-0.3, -0.25) is 9.59 Å². The summed E-state index contributed by atoms with van der Waals surface area (Å²) in [6, 6.07) is 18.9. The molecular formula is C23H21ClN2O3. The van der Waals surface area contributed by atoms with E-state index in [-0.39, 0.29) is 11.8 Å². The van der Waals surface area contributed by atoms with Gasteiger partial charge in [-0.05, 0) is 47.5 Å². The third-order valence-corrected chi connectivity index (χ3v) is 5.57. The summed E-state index contributed by atoms with van der Waals surface area (Å²) in [6.45, 7) is 0.810. The first-order valence-corrected chi connectivity index (χ1v) is 9.85. The van der Waals surface area contributed by atoms with E-state index in [0.717, 1.165) is 22.0 Å². The zero-order valence-electron chi connectivity index (χ0n) is 16.0. The van der Waals surface area contributed by atoms with Crippen molar-refractivity contribution in [2.75, 3.05) is 18.6 Å². The number of ether oxygens (including phenoxy) is 1. The normalized spacial score (nSPS) is 16.3. The average Bonchev–Trinajstić information content (AvgIpc) is 3.13. The molecule has 0 radical (unpaired) electrons. The summed E-state index contributed by atoms with van der Waals surface area (Å²) in [5.74, 6) is -0.424. The van der Waals surface area contributed by atoms with Crippen LogP contribution in [0.4, 0.5) is 5.69 Å². The first-order valence-electron chi connectivity index (χ1n) is 9.48. The molecule has 2 amide bonds. The van der Waals surface area contributed by atoms with Crippen molar-refractivity contribution < 1.29 is 14.3 Å². The molecule has 1 aliphatic rings. The fraction of sp³-hybridized carbons (Fsp3) is 0.217. The molecule has 1 N–H and O–H groups in total. The molecule has 1 unspecified atom stereocenters. The minimum absolute atomic E-state index is 0.185. The number of benzene rings is 3. The molecule has 0 saturated carbocycles. The van der Waals surface area contributed by atoms with Crippen molar-refractivity contribution in [3.63, 3.8) is 0 Å². The Kier molecular flexibility index (Phi) is 5.41. The van der Waals surface area contributed by atoms with Crippen LogP contribution < -0.4 is 15.0 Å². The number of methoxy groups -OCH3 is 1. The summed E-state index contributed by atoms with van der Waals surface area (Å²) in [7, 11) is 1.61. The maximum Gasteiger partial charge on any atom is 0.239 e. The van der Waals surface area contributed by atoms with Gasteiger partial charge in [0.25, 0.3) is 0 Å². The molecule has 1 aliphatic heterocycles. The molecule has 3 aromatic rings. The summed E-state index contributed by atoms with van der Waals surface area (Å²) in [6.07, 6.45) is 0.486. The molecule has 5 nitrogen and oxygen atoms in total. The molecule has 29 heavy (non-hydrogen) atoms. The Bertz CT molecular complexity index is 1070. The minimum Gasteiger partial charge on any atom is -0.496 e. The van der Waals surface area contributed by atoms with Gasteiger partial charge in [0.15, 0.2) is 0 Å². The monoisotopic (exact) mass is 408 g/mol. The first-order chi connectivity index (χ1) is 14.1. The quantitative estimate of drug-likeness (QED) is 0.644. The Balaban J connectivity index is 1.49. The lowest BCUT2D eigenvalue weighted by atomic mass is 10.0. The average molecular weight is 409 g/mol. The van der Waals surface area contributed by atoms with Crippen molar-refractivity contribution >= 4 is 39.9 Å². The highest BCUT2D eigenvalue weighted by atomic mass is 35.5. The molecule has 1 atom stereocenters. The summed E-state index contributed by atoms with van der Waals surface area (Å²) < 4.78 is 5.48. The molecule has 0 spiro atoms. The van der Waals surface area contributed by atoms with Gasteiger partial charge in [0.1, 0.15) is 11.7 Å². The number of carbonyl (C=O) groups is 2. The second-order valence-electron chi connectivity index (χ2n) is 6.99. The minimum atomic E-state index is -0.688. The van der Waals surface area contributed by atoms with Gasteiger partial charge in [-0.25, -0.2) is 0 Å². The van der Waals surface area contributed by atoms with Crippen LogP contribution in [0.25, 0.3) is 10.8 Å². The first kappa shape index (κ1) is 19.3. The van der Waals surface area contributed by atoms with Crippen LogP contribution in [0.3, 0.4) is 0 Å². The SMILES string of the molecule is COc1ccc2ccccc2c1CNC(=O)C1CCN(c2ccc(Cl)cc2)C1=O. The van der Waals surface area contributed by atoms with Crippen molar-refractivity contribution in [3.05, 3.63) is 71.2 Å². The number of halogens is 1. The van der Waals surface area contributed by atoms with E-state index in [1.54, 1.807) is 36.3 Å². The van der Waals surface area contributed by atoms with Gasteiger partial charge in [-0.2, -0.15) is 0 Å². The van der Waals surface area contributed by atoms with Crippen LogP contribution in [0.2, 0.25) is 5.02 Å². The van der Waals surface area contributed by atoms with Gasteiger partial charge < -0.3 is 15.0 Å². The highest BCUT2D eigenvalue weighted by molar-refractivity contribution is 6.30. The van der Waals surface area contributed by atoms with E-state index in [4.69, 9.17) is 16.3 Å². The maximum atomic E-state index is 12.8. The standard InChI is InChI=1S/C23H21ClN2O3/c1-29-21-11-6-15-4-2-3-5-18(15)20(21)14-25-22(27)19-12-13-26(23(19)28)17-9-7-16(24)8-10-17/h2-11,19H,12-14H2,1H3,(H,25,27). The Labute approximate surface area is 174 Å². The summed E-state index contributed by atoms with van der Waals surface area (Å²) in [5.41, 5.74) is 1.66. The lowest BCUT2D eigenvalue weighted by Gasteiger charge is -2.17. The van der Waals surface area contributed by atoms with Crippen LogP contribution in [0.15, 0.2) is 60.7 Å². The number of hydrogen-bond acceptors (Lipinski definition) is 3. The zero-order chi connectivity index (χ0) is 20.4. The third-order valence-electron chi connectivity index (χ3n) is 5.32. The Morgan fingerprint density at radius 2 is 1.90 bits per heavy atom. The van der Waals surface area contributed by atoms with Crippen LogP contribution in [0.1, 0.15) is 12.0 Å². The molecule has 4 rings (SSSR count).